The lowest BCUT2D eigenvalue weighted by molar-refractivity contribution is 0.436. The number of allylic oxidation sites excluding steroid dienone is 4. The van der Waals surface area contributed by atoms with Gasteiger partial charge < -0.3 is 13.9 Å². The van der Waals surface area contributed by atoms with Crippen LogP contribution in [0, 0.1) is 0 Å². The Morgan fingerprint density at radius 1 is 0.414 bits per heavy atom. The third-order valence-electron chi connectivity index (χ3n) is 13.0. The van der Waals surface area contributed by atoms with E-state index in [1.807, 2.05) is 0 Å². The fourth-order valence-electron chi connectivity index (χ4n) is 10.6. The van der Waals surface area contributed by atoms with E-state index in [0.29, 0.717) is 0 Å². The Hall–Kier alpha value is -7.36. The number of benzene rings is 8. The maximum atomic E-state index is 6.63. The molecular formula is C55H36N2O. The predicted molar refractivity (Wildman–Crippen MR) is 239 cm³/mol. The third kappa shape index (κ3) is 4.17. The number of aromatic nitrogens is 2. The summed E-state index contributed by atoms with van der Waals surface area (Å²) in [5.41, 5.74) is 16.7. The van der Waals surface area contributed by atoms with Crippen LogP contribution in [0.4, 0.5) is 0 Å². The molecule has 1 spiro atoms. The summed E-state index contributed by atoms with van der Waals surface area (Å²) in [5.74, 6) is 1.82. The van der Waals surface area contributed by atoms with Crippen molar-refractivity contribution in [1.29, 1.82) is 0 Å². The van der Waals surface area contributed by atoms with Gasteiger partial charge >= 0.3 is 0 Å². The second-order valence-electron chi connectivity index (χ2n) is 15.9. The summed E-state index contributed by atoms with van der Waals surface area (Å²) >= 11 is 0. The molecular weight excluding hydrogens is 705 g/mol. The molecule has 3 nitrogen and oxygen atoms in total. The van der Waals surface area contributed by atoms with Crippen LogP contribution in [0.5, 0.6) is 11.5 Å². The fraction of sp³-hybridized carbons (Fsp3) is 0.0545. The summed E-state index contributed by atoms with van der Waals surface area (Å²) in [5, 5.41) is 5.06. The first kappa shape index (κ1) is 31.8. The second-order valence-corrected chi connectivity index (χ2v) is 15.9. The van der Waals surface area contributed by atoms with Gasteiger partial charge in [0.1, 0.15) is 11.5 Å². The van der Waals surface area contributed by atoms with E-state index in [-0.39, 0.29) is 0 Å². The van der Waals surface area contributed by atoms with Crippen molar-refractivity contribution in [2.45, 2.75) is 18.3 Å². The van der Waals surface area contributed by atoms with Gasteiger partial charge in [0.2, 0.25) is 0 Å². The number of hydrogen-bond donors (Lipinski definition) is 0. The third-order valence-corrected chi connectivity index (χ3v) is 13.0. The lowest BCUT2D eigenvalue weighted by Gasteiger charge is -2.39. The van der Waals surface area contributed by atoms with Crippen molar-refractivity contribution >= 4 is 49.3 Å². The molecule has 3 heterocycles. The van der Waals surface area contributed by atoms with Gasteiger partial charge in [0.15, 0.2) is 0 Å². The van der Waals surface area contributed by atoms with Crippen LogP contribution in [0.1, 0.15) is 35.1 Å². The minimum absolute atomic E-state index is 0.526. The Kier molecular flexibility index (Phi) is 6.49. The standard InChI is InChI=1S/C55H36N2O/c1-2-14-37(15-3-1)56-49-22-10-5-17-40(49)43-32-36(28-31-51(43)56)35-26-29-38(30-27-35)57-50-23-11-6-18-41(50)44-33-42-39-16-4-7-19-45(39)55(48(42)34-52(44)57)46-20-8-12-24-53(46)58-54-25-13-9-21-47(54)55/h2,4-34H,1,3H2. The minimum Gasteiger partial charge on any atom is -0.457 e. The Morgan fingerprint density at radius 2 is 1.02 bits per heavy atom. The average molecular weight is 741 g/mol. The molecule has 8 aromatic carbocycles. The van der Waals surface area contributed by atoms with Crippen molar-refractivity contribution < 1.29 is 4.74 Å². The first-order valence-electron chi connectivity index (χ1n) is 20.3. The number of rotatable bonds is 3. The van der Waals surface area contributed by atoms with Crippen molar-refractivity contribution in [2.24, 2.45) is 0 Å². The van der Waals surface area contributed by atoms with E-state index in [9.17, 15) is 0 Å². The van der Waals surface area contributed by atoms with E-state index in [0.717, 1.165) is 30.0 Å². The first-order valence-corrected chi connectivity index (χ1v) is 20.3. The summed E-state index contributed by atoms with van der Waals surface area (Å²) < 4.78 is 11.5. The number of hydrogen-bond acceptors (Lipinski definition) is 1. The normalized spacial score (nSPS) is 14.7. The van der Waals surface area contributed by atoms with Crippen molar-refractivity contribution in [3.8, 4) is 39.4 Å². The SMILES string of the molecule is C1=CC(n2c3ccccc3c3cc(-c4ccc(-n5c6ccccc6c6cc7c(cc65)C5(c6ccccc6Oc6ccccc65)c5ccccc5-7)cc4)ccc32)=CCC1. The van der Waals surface area contributed by atoms with E-state index in [1.165, 1.54) is 93.8 Å². The molecule has 3 aliphatic rings. The van der Waals surface area contributed by atoms with Crippen molar-refractivity contribution in [3.63, 3.8) is 0 Å². The van der Waals surface area contributed by atoms with Gasteiger partial charge in [-0.05, 0) is 113 Å². The van der Waals surface area contributed by atoms with Gasteiger partial charge in [-0.3, -0.25) is 0 Å². The molecule has 272 valence electrons. The van der Waals surface area contributed by atoms with Crippen molar-refractivity contribution in [1.82, 2.24) is 9.13 Å². The predicted octanol–water partition coefficient (Wildman–Crippen LogP) is 14.2. The maximum Gasteiger partial charge on any atom is 0.132 e. The highest BCUT2D eigenvalue weighted by Gasteiger charge is 2.51. The topological polar surface area (TPSA) is 19.1 Å². The van der Waals surface area contributed by atoms with Crippen LogP contribution in [-0.2, 0) is 5.41 Å². The summed E-state index contributed by atoms with van der Waals surface area (Å²) in [4.78, 5) is 0. The molecule has 1 aliphatic heterocycles. The van der Waals surface area contributed by atoms with Crippen LogP contribution < -0.4 is 4.74 Å². The van der Waals surface area contributed by atoms with Crippen LogP contribution in [-0.4, -0.2) is 9.13 Å². The molecule has 3 heteroatoms. The first-order chi connectivity index (χ1) is 28.8. The highest BCUT2D eigenvalue weighted by molar-refractivity contribution is 6.13. The van der Waals surface area contributed by atoms with Crippen molar-refractivity contribution in [2.75, 3.05) is 0 Å². The monoisotopic (exact) mass is 740 g/mol. The molecule has 0 radical (unpaired) electrons. The molecule has 58 heavy (non-hydrogen) atoms. The second kappa shape index (κ2) is 11.8. The molecule has 0 bridgehead atoms. The van der Waals surface area contributed by atoms with Crippen LogP contribution >= 0.6 is 0 Å². The van der Waals surface area contributed by atoms with Crippen LogP contribution in [0.3, 0.4) is 0 Å². The van der Waals surface area contributed by atoms with Crippen LogP contribution in [0.25, 0.3) is 77.2 Å². The number of para-hydroxylation sites is 4. The smallest absolute Gasteiger partial charge is 0.132 e. The van der Waals surface area contributed by atoms with Gasteiger partial charge in [-0.1, -0.05) is 127 Å². The van der Waals surface area contributed by atoms with E-state index in [1.54, 1.807) is 0 Å². The highest BCUT2D eigenvalue weighted by atomic mass is 16.5. The molecule has 0 amide bonds. The molecule has 2 aromatic heterocycles. The Bertz CT molecular complexity index is 3380. The molecule has 2 aliphatic carbocycles. The van der Waals surface area contributed by atoms with Crippen LogP contribution in [0.2, 0.25) is 0 Å². The van der Waals surface area contributed by atoms with Gasteiger partial charge in [0.25, 0.3) is 0 Å². The van der Waals surface area contributed by atoms with Gasteiger partial charge in [-0.25, -0.2) is 0 Å². The zero-order valence-electron chi connectivity index (χ0n) is 31.7. The molecule has 0 fully saturated rings. The summed E-state index contributed by atoms with van der Waals surface area (Å²) in [7, 11) is 0. The number of ether oxygens (including phenoxy) is 1. The van der Waals surface area contributed by atoms with Gasteiger partial charge in [0, 0.05) is 44.1 Å². The summed E-state index contributed by atoms with van der Waals surface area (Å²) in [6, 6.07) is 64.9. The van der Waals surface area contributed by atoms with Crippen LogP contribution in [0.15, 0.2) is 194 Å². The van der Waals surface area contributed by atoms with E-state index < -0.39 is 5.41 Å². The molecule has 0 N–H and O–H groups in total. The zero-order chi connectivity index (χ0) is 38.0. The maximum absolute atomic E-state index is 6.63. The molecule has 13 rings (SSSR count). The Labute approximate surface area is 336 Å². The highest BCUT2D eigenvalue weighted by Crippen LogP contribution is 2.62. The molecule has 0 saturated heterocycles. The lowest BCUT2D eigenvalue weighted by atomic mass is 9.66. The van der Waals surface area contributed by atoms with E-state index >= 15 is 0 Å². The molecule has 0 saturated carbocycles. The van der Waals surface area contributed by atoms with Gasteiger partial charge in [-0.2, -0.15) is 0 Å². The average Bonchev–Trinajstić information content (AvgIpc) is 3.90. The summed E-state index contributed by atoms with van der Waals surface area (Å²) in [6.07, 6.45) is 9.10. The zero-order valence-corrected chi connectivity index (χ0v) is 31.7. The largest absolute Gasteiger partial charge is 0.457 e. The number of nitrogens with zero attached hydrogens (tertiary/aromatic N) is 2. The molecule has 0 unspecified atom stereocenters. The minimum atomic E-state index is -0.526. The summed E-state index contributed by atoms with van der Waals surface area (Å²) in [6.45, 7) is 0. The van der Waals surface area contributed by atoms with E-state index in [4.69, 9.17) is 4.74 Å². The van der Waals surface area contributed by atoms with Crippen molar-refractivity contribution in [3.05, 3.63) is 216 Å². The molecule has 0 atom stereocenters. The lowest BCUT2D eigenvalue weighted by Crippen LogP contribution is -2.32. The fourth-order valence-corrected chi connectivity index (χ4v) is 10.6. The number of fused-ring (bicyclic) bond motifs is 15. The van der Waals surface area contributed by atoms with Gasteiger partial charge in [-0.15, -0.1) is 0 Å². The Balaban J connectivity index is 1.01. The quantitative estimate of drug-likeness (QED) is 0.176. The Morgan fingerprint density at radius 3 is 1.74 bits per heavy atom. The van der Waals surface area contributed by atoms with Gasteiger partial charge in [0.05, 0.1) is 27.5 Å². The van der Waals surface area contributed by atoms with E-state index in [2.05, 4.69) is 203 Å². The molecule has 10 aromatic rings.